The maximum absolute atomic E-state index is 12.0. The van der Waals surface area contributed by atoms with Crippen molar-refractivity contribution < 1.29 is 47.8 Å². The highest BCUT2D eigenvalue weighted by Gasteiger charge is 2.27. The van der Waals surface area contributed by atoms with Crippen LogP contribution in [0.3, 0.4) is 0 Å². The second-order valence-electron chi connectivity index (χ2n) is 9.81. The molecule has 0 aliphatic rings. The van der Waals surface area contributed by atoms with E-state index < -0.39 is 58.4 Å². The standard InChI is InChI=1S/C30H53O10P/c1-3-4-5-6-7-8-9-10-11-12-13-14-15-16-17-18-19-20-21-22-30(34)40-29(24-32)26-38-41(35,36)37-25-28(23-31)39-27(2)33/h7-8,10-11,13-14,28-29,31-32H,3-6,9,12,15-26H2,1-2H3,(H,35,36)/b8-7-,11-10-,14-13-. The van der Waals surface area contributed by atoms with Crippen LogP contribution in [0.2, 0.25) is 0 Å². The molecule has 0 bridgehead atoms. The fourth-order valence-corrected chi connectivity index (χ4v) is 4.43. The fourth-order valence-electron chi connectivity index (χ4n) is 3.65. The average molecular weight is 605 g/mol. The number of carbonyl (C=O) groups excluding carboxylic acids is 2. The van der Waals surface area contributed by atoms with Gasteiger partial charge in [0.2, 0.25) is 0 Å². The van der Waals surface area contributed by atoms with Crippen LogP contribution in [0.25, 0.3) is 0 Å². The highest BCUT2D eigenvalue weighted by molar-refractivity contribution is 7.47. The largest absolute Gasteiger partial charge is 0.472 e. The van der Waals surface area contributed by atoms with Crippen LogP contribution in [0.15, 0.2) is 36.5 Å². The van der Waals surface area contributed by atoms with E-state index >= 15 is 0 Å². The summed E-state index contributed by atoms with van der Waals surface area (Å²) in [4.78, 5) is 32.6. The van der Waals surface area contributed by atoms with Gasteiger partial charge in [0.25, 0.3) is 0 Å². The number of allylic oxidation sites excluding steroid dienone is 6. The van der Waals surface area contributed by atoms with Gasteiger partial charge >= 0.3 is 19.8 Å². The van der Waals surface area contributed by atoms with E-state index in [2.05, 4.69) is 47.9 Å². The molecule has 0 aromatic rings. The SMILES string of the molecule is CCCCC/C=C\C/C=C\C/C=C\CCCCCCCCC(=O)OC(CO)COP(=O)(O)OCC(CO)OC(C)=O. The molecular weight excluding hydrogens is 551 g/mol. The molecule has 0 aromatic carbocycles. The van der Waals surface area contributed by atoms with E-state index in [-0.39, 0.29) is 6.42 Å². The Hall–Kier alpha value is -1.81. The van der Waals surface area contributed by atoms with Gasteiger partial charge in [0.15, 0.2) is 0 Å². The van der Waals surface area contributed by atoms with Crippen LogP contribution in [-0.2, 0) is 32.7 Å². The topological polar surface area (TPSA) is 149 Å². The number of hydrogen-bond acceptors (Lipinski definition) is 9. The van der Waals surface area contributed by atoms with Gasteiger partial charge in [-0.25, -0.2) is 4.57 Å². The zero-order chi connectivity index (χ0) is 30.6. The molecule has 41 heavy (non-hydrogen) atoms. The summed E-state index contributed by atoms with van der Waals surface area (Å²) in [6.45, 7) is 1.00. The van der Waals surface area contributed by atoms with Gasteiger partial charge in [-0.2, -0.15) is 0 Å². The molecule has 3 atom stereocenters. The number of ether oxygens (including phenoxy) is 2. The zero-order valence-electron chi connectivity index (χ0n) is 25.0. The van der Waals surface area contributed by atoms with E-state index in [9.17, 15) is 24.2 Å². The third kappa shape index (κ3) is 26.8. The van der Waals surface area contributed by atoms with Gasteiger partial charge in [0, 0.05) is 13.3 Å². The number of phosphoric ester groups is 1. The monoisotopic (exact) mass is 604 g/mol. The third-order valence-corrected chi connectivity index (χ3v) is 6.86. The molecule has 3 unspecified atom stereocenters. The average Bonchev–Trinajstić information content (AvgIpc) is 2.94. The molecule has 0 rings (SSSR count). The second kappa shape index (κ2) is 27.0. The smallest absolute Gasteiger partial charge is 0.458 e. The van der Waals surface area contributed by atoms with Gasteiger partial charge in [0.1, 0.15) is 12.2 Å². The number of hydrogen-bond donors (Lipinski definition) is 3. The fraction of sp³-hybridized carbons (Fsp3) is 0.733. The Kier molecular flexibility index (Phi) is 25.9. The Labute approximate surface area is 246 Å². The van der Waals surface area contributed by atoms with E-state index in [1.54, 1.807) is 0 Å². The molecule has 238 valence electrons. The number of aliphatic hydroxyl groups is 2. The lowest BCUT2D eigenvalue weighted by Gasteiger charge is -2.20. The Morgan fingerprint density at radius 1 is 0.707 bits per heavy atom. The first-order valence-electron chi connectivity index (χ1n) is 14.9. The van der Waals surface area contributed by atoms with Crippen LogP contribution in [0, 0.1) is 0 Å². The quantitative estimate of drug-likeness (QED) is 0.0435. The van der Waals surface area contributed by atoms with Crippen molar-refractivity contribution in [3.8, 4) is 0 Å². The summed E-state index contributed by atoms with van der Waals surface area (Å²) in [6, 6.07) is 0. The molecule has 0 aliphatic carbocycles. The Bertz CT molecular complexity index is 796. The molecule has 11 heteroatoms. The molecule has 0 spiro atoms. The minimum atomic E-state index is -4.59. The number of esters is 2. The van der Waals surface area contributed by atoms with Crippen LogP contribution >= 0.6 is 7.82 Å². The lowest BCUT2D eigenvalue weighted by Crippen LogP contribution is -2.28. The van der Waals surface area contributed by atoms with Crippen molar-refractivity contribution in [2.45, 2.75) is 116 Å². The minimum Gasteiger partial charge on any atom is -0.458 e. The summed E-state index contributed by atoms with van der Waals surface area (Å²) in [5, 5.41) is 18.5. The number of unbranched alkanes of at least 4 members (excludes halogenated alkanes) is 9. The molecule has 0 aromatic heterocycles. The van der Waals surface area contributed by atoms with E-state index in [0.29, 0.717) is 6.42 Å². The lowest BCUT2D eigenvalue weighted by molar-refractivity contribution is -0.153. The van der Waals surface area contributed by atoms with Crippen molar-refractivity contribution in [3.63, 3.8) is 0 Å². The Morgan fingerprint density at radius 3 is 1.68 bits per heavy atom. The predicted molar refractivity (Wildman–Crippen MR) is 159 cm³/mol. The highest BCUT2D eigenvalue weighted by atomic mass is 31.2. The first kappa shape index (κ1) is 39.2. The minimum absolute atomic E-state index is 0.176. The van der Waals surface area contributed by atoms with Crippen molar-refractivity contribution in [1.29, 1.82) is 0 Å². The maximum atomic E-state index is 12.0. The summed E-state index contributed by atoms with van der Waals surface area (Å²) >= 11 is 0. The summed E-state index contributed by atoms with van der Waals surface area (Å²) in [7, 11) is -4.59. The van der Waals surface area contributed by atoms with Gasteiger partial charge < -0.3 is 24.6 Å². The van der Waals surface area contributed by atoms with Gasteiger partial charge in [0.05, 0.1) is 26.4 Å². The van der Waals surface area contributed by atoms with E-state index in [1.807, 2.05) is 0 Å². The molecule has 10 nitrogen and oxygen atoms in total. The van der Waals surface area contributed by atoms with Crippen LogP contribution in [-0.4, -0.2) is 65.7 Å². The molecule has 0 aliphatic heterocycles. The van der Waals surface area contributed by atoms with Crippen molar-refractivity contribution >= 4 is 19.8 Å². The first-order chi connectivity index (χ1) is 19.7. The Balaban J connectivity index is 3.83. The Morgan fingerprint density at radius 2 is 1.17 bits per heavy atom. The molecule has 0 saturated heterocycles. The second-order valence-corrected chi connectivity index (χ2v) is 11.3. The number of aliphatic hydroxyl groups excluding tert-OH is 2. The molecule has 0 heterocycles. The molecule has 0 fully saturated rings. The molecule has 0 saturated carbocycles. The summed E-state index contributed by atoms with van der Waals surface area (Å²) < 4.78 is 31.2. The zero-order valence-corrected chi connectivity index (χ0v) is 25.9. The van der Waals surface area contributed by atoms with E-state index in [1.165, 1.54) is 25.7 Å². The number of rotatable bonds is 27. The van der Waals surface area contributed by atoms with Crippen molar-refractivity contribution in [2.75, 3.05) is 26.4 Å². The number of carbonyl (C=O) groups is 2. The van der Waals surface area contributed by atoms with E-state index in [4.69, 9.17) is 19.1 Å². The summed E-state index contributed by atoms with van der Waals surface area (Å²) in [6.07, 6.45) is 25.3. The van der Waals surface area contributed by atoms with Crippen LogP contribution in [0.5, 0.6) is 0 Å². The van der Waals surface area contributed by atoms with Crippen LogP contribution in [0.1, 0.15) is 104 Å². The maximum Gasteiger partial charge on any atom is 0.472 e. The third-order valence-electron chi connectivity index (χ3n) is 5.91. The lowest BCUT2D eigenvalue weighted by atomic mass is 10.1. The van der Waals surface area contributed by atoms with E-state index in [0.717, 1.165) is 58.3 Å². The molecule has 0 radical (unpaired) electrons. The van der Waals surface area contributed by atoms with Gasteiger partial charge in [-0.15, -0.1) is 0 Å². The summed E-state index contributed by atoms with van der Waals surface area (Å²) in [5.74, 6) is -1.22. The normalized spacial score (nSPS) is 15.0. The highest BCUT2D eigenvalue weighted by Crippen LogP contribution is 2.43. The van der Waals surface area contributed by atoms with Gasteiger partial charge in [-0.1, -0.05) is 81.9 Å². The first-order valence-corrected chi connectivity index (χ1v) is 16.4. The molecule has 3 N–H and O–H groups in total. The van der Waals surface area contributed by atoms with Crippen molar-refractivity contribution in [3.05, 3.63) is 36.5 Å². The van der Waals surface area contributed by atoms with Gasteiger partial charge in [-0.05, 0) is 44.9 Å². The number of phosphoric acid groups is 1. The molecule has 0 amide bonds. The van der Waals surface area contributed by atoms with Crippen LogP contribution in [0.4, 0.5) is 0 Å². The summed E-state index contributed by atoms with van der Waals surface area (Å²) in [5.41, 5.74) is 0. The van der Waals surface area contributed by atoms with Crippen LogP contribution < -0.4 is 0 Å². The van der Waals surface area contributed by atoms with Crippen molar-refractivity contribution in [2.24, 2.45) is 0 Å². The molecular formula is C30H53O10P. The van der Waals surface area contributed by atoms with Crippen molar-refractivity contribution in [1.82, 2.24) is 0 Å². The van der Waals surface area contributed by atoms with Gasteiger partial charge in [-0.3, -0.25) is 18.6 Å². The predicted octanol–water partition coefficient (Wildman–Crippen LogP) is 6.10.